The maximum atomic E-state index is 5.98. The molecule has 19 heavy (non-hydrogen) atoms. The van der Waals surface area contributed by atoms with Gasteiger partial charge in [0.2, 0.25) is 5.95 Å². The third-order valence-corrected chi connectivity index (χ3v) is 4.18. The summed E-state index contributed by atoms with van der Waals surface area (Å²) in [7, 11) is 1.66. The Morgan fingerprint density at radius 2 is 2.47 bits per heavy atom. The Labute approximate surface area is 115 Å². The summed E-state index contributed by atoms with van der Waals surface area (Å²) in [6.45, 7) is 1.78. The lowest BCUT2D eigenvalue weighted by atomic mass is 10.1. The molecule has 1 aliphatic rings. The predicted octanol–water partition coefficient (Wildman–Crippen LogP) is 1.47. The minimum atomic E-state index is 0.215. The fourth-order valence-electron chi connectivity index (χ4n) is 2.32. The third-order valence-electron chi connectivity index (χ3n) is 3.28. The van der Waals surface area contributed by atoms with E-state index < -0.39 is 0 Å². The fourth-order valence-corrected chi connectivity index (χ4v) is 3.12. The van der Waals surface area contributed by atoms with Gasteiger partial charge in [0.05, 0.1) is 7.11 Å². The number of hydrogen-bond donors (Lipinski definition) is 2. The van der Waals surface area contributed by atoms with Crippen LogP contribution in [0.5, 0.6) is 5.75 Å². The number of hydrogen-bond acceptors (Lipinski definition) is 6. The van der Waals surface area contributed by atoms with Crippen LogP contribution in [0.25, 0.3) is 10.7 Å². The standard InChI is InChI=1S/C12H17N5OS/c1-18-9-4-6-19-10(9)11-14-12(16-15-11)17-5-2-3-8(13)7-17/h4,6,8H,2-3,5,7,13H2,1H3,(H,14,15,16). The van der Waals surface area contributed by atoms with Crippen molar-refractivity contribution >= 4 is 17.3 Å². The van der Waals surface area contributed by atoms with Crippen molar-refractivity contribution in [1.82, 2.24) is 15.2 Å². The molecule has 3 N–H and O–H groups in total. The number of piperidine rings is 1. The van der Waals surface area contributed by atoms with Gasteiger partial charge < -0.3 is 15.4 Å². The Hall–Kier alpha value is -1.60. The highest BCUT2D eigenvalue weighted by Crippen LogP contribution is 2.33. The van der Waals surface area contributed by atoms with Gasteiger partial charge in [0.25, 0.3) is 0 Å². The molecular formula is C12H17N5OS. The molecule has 0 spiro atoms. The van der Waals surface area contributed by atoms with Gasteiger partial charge in [-0.05, 0) is 24.3 Å². The molecule has 0 aliphatic carbocycles. The molecular weight excluding hydrogens is 262 g/mol. The highest BCUT2D eigenvalue weighted by atomic mass is 32.1. The number of nitrogens with two attached hydrogens (primary N) is 1. The van der Waals surface area contributed by atoms with Crippen LogP contribution in [0.15, 0.2) is 11.4 Å². The highest BCUT2D eigenvalue weighted by molar-refractivity contribution is 7.13. The number of ether oxygens (including phenoxy) is 1. The Morgan fingerprint density at radius 1 is 1.58 bits per heavy atom. The number of aromatic nitrogens is 3. The van der Waals surface area contributed by atoms with Crippen LogP contribution in [0.3, 0.4) is 0 Å². The van der Waals surface area contributed by atoms with Gasteiger partial charge in [-0.15, -0.1) is 16.4 Å². The average molecular weight is 279 g/mol. The summed E-state index contributed by atoms with van der Waals surface area (Å²) in [5, 5.41) is 9.25. The van der Waals surface area contributed by atoms with E-state index in [1.54, 1.807) is 18.4 Å². The molecule has 0 saturated carbocycles. The van der Waals surface area contributed by atoms with E-state index in [1.807, 2.05) is 11.4 Å². The van der Waals surface area contributed by atoms with Gasteiger partial charge >= 0.3 is 0 Å². The van der Waals surface area contributed by atoms with E-state index in [4.69, 9.17) is 10.5 Å². The van der Waals surface area contributed by atoms with E-state index in [9.17, 15) is 0 Å². The van der Waals surface area contributed by atoms with Crippen molar-refractivity contribution in [2.24, 2.45) is 5.73 Å². The summed E-state index contributed by atoms with van der Waals surface area (Å²) >= 11 is 1.59. The van der Waals surface area contributed by atoms with Gasteiger partial charge in [-0.1, -0.05) is 0 Å². The zero-order valence-electron chi connectivity index (χ0n) is 10.8. The summed E-state index contributed by atoms with van der Waals surface area (Å²) in [4.78, 5) is 7.66. The first-order chi connectivity index (χ1) is 9.28. The van der Waals surface area contributed by atoms with Gasteiger partial charge in [0, 0.05) is 19.1 Å². The van der Waals surface area contributed by atoms with E-state index in [-0.39, 0.29) is 6.04 Å². The molecule has 1 unspecified atom stereocenters. The van der Waals surface area contributed by atoms with Gasteiger partial charge in [0.1, 0.15) is 10.6 Å². The fraction of sp³-hybridized carbons (Fsp3) is 0.500. The molecule has 3 rings (SSSR count). The Balaban J connectivity index is 1.83. The van der Waals surface area contributed by atoms with Crippen LogP contribution >= 0.6 is 11.3 Å². The Morgan fingerprint density at radius 3 is 3.26 bits per heavy atom. The first kappa shape index (κ1) is 12.4. The molecule has 1 fully saturated rings. The third kappa shape index (κ3) is 2.43. The molecule has 1 atom stereocenters. The molecule has 0 radical (unpaired) electrons. The average Bonchev–Trinajstić information content (AvgIpc) is 3.07. The molecule has 6 nitrogen and oxygen atoms in total. The second kappa shape index (κ2) is 5.18. The minimum Gasteiger partial charge on any atom is -0.495 e. The zero-order valence-corrected chi connectivity index (χ0v) is 11.6. The summed E-state index contributed by atoms with van der Waals surface area (Å²) in [6, 6.07) is 2.14. The van der Waals surface area contributed by atoms with Crippen LogP contribution in [0, 0.1) is 0 Å². The van der Waals surface area contributed by atoms with Crippen molar-refractivity contribution < 1.29 is 4.74 Å². The monoisotopic (exact) mass is 279 g/mol. The van der Waals surface area contributed by atoms with Crippen LogP contribution in [0.4, 0.5) is 5.95 Å². The van der Waals surface area contributed by atoms with Crippen molar-refractivity contribution in [2.45, 2.75) is 18.9 Å². The lowest BCUT2D eigenvalue weighted by Crippen LogP contribution is -2.43. The largest absolute Gasteiger partial charge is 0.495 e. The second-order valence-corrected chi connectivity index (χ2v) is 5.57. The van der Waals surface area contributed by atoms with Gasteiger partial charge in [-0.2, -0.15) is 4.98 Å². The summed E-state index contributed by atoms with van der Waals surface area (Å²) in [5.74, 6) is 2.30. The first-order valence-electron chi connectivity index (χ1n) is 6.32. The van der Waals surface area contributed by atoms with Crippen molar-refractivity contribution in [1.29, 1.82) is 0 Å². The van der Waals surface area contributed by atoms with Crippen molar-refractivity contribution in [2.75, 3.05) is 25.1 Å². The lowest BCUT2D eigenvalue weighted by molar-refractivity contribution is 0.418. The number of rotatable bonds is 3. The van der Waals surface area contributed by atoms with Crippen molar-refractivity contribution in [3.05, 3.63) is 11.4 Å². The van der Waals surface area contributed by atoms with Crippen LogP contribution < -0.4 is 15.4 Å². The number of H-pyrrole nitrogens is 1. The summed E-state index contributed by atoms with van der Waals surface area (Å²) in [5.41, 5.74) is 5.98. The maximum absolute atomic E-state index is 5.98. The highest BCUT2D eigenvalue weighted by Gasteiger charge is 2.21. The summed E-state index contributed by atoms with van der Waals surface area (Å²) < 4.78 is 5.30. The zero-order chi connectivity index (χ0) is 13.2. The molecule has 2 aromatic rings. The molecule has 0 aromatic carbocycles. The number of anilines is 1. The molecule has 2 aromatic heterocycles. The van der Waals surface area contributed by atoms with Crippen LogP contribution in [-0.4, -0.2) is 41.4 Å². The van der Waals surface area contributed by atoms with Crippen molar-refractivity contribution in [3.8, 4) is 16.5 Å². The van der Waals surface area contributed by atoms with E-state index in [2.05, 4.69) is 20.1 Å². The van der Waals surface area contributed by atoms with E-state index in [0.717, 1.165) is 48.3 Å². The van der Waals surface area contributed by atoms with Gasteiger partial charge in [-0.3, -0.25) is 5.10 Å². The molecule has 1 saturated heterocycles. The van der Waals surface area contributed by atoms with E-state index in [0.29, 0.717) is 0 Å². The summed E-state index contributed by atoms with van der Waals surface area (Å²) in [6.07, 6.45) is 2.17. The quantitative estimate of drug-likeness (QED) is 0.889. The van der Waals surface area contributed by atoms with Gasteiger partial charge in [-0.25, -0.2) is 0 Å². The number of aromatic amines is 1. The van der Waals surface area contributed by atoms with Crippen molar-refractivity contribution in [3.63, 3.8) is 0 Å². The molecule has 0 amide bonds. The lowest BCUT2D eigenvalue weighted by Gasteiger charge is -2.29. The molecule has 102 valence electrons. The van der Waals surface area contributed by atoms with Crippen LogP contribution in [-0.2, 0) is 0 Å². The smallest absolute Gasteiger partial charge is 0.245 e. The SMILES string of the molecule is COc1ccsc1-c1nc(N2CCCC(N)C2)n[nH]1. The van der Waals surface area contributed by atoms with Crippen LogP contribution in [0.1, 0.15) is 12.8 Å². The van der Waals surface area contributed by atoms with E-state index in [1.165, 1.54) is 0 Å². The number of nitrogens with one attached hydrogen (secondary N) is 1. The number of thiophene rings is 1. The minimum absolute atomic E-state index is 0.215. The molecule has 7 heteroatoms. The van der Waals surface area contributed by atoms with E-state index >= 15 is 0 Å². The molecule has 3 heterocycles. The Bertz CT molecular complexity index is 552. The second-order valence-electron chi connectivity index (χ2n) is 4.65. The molecule has 0 bridgehead atoms. The first-order valence-corrected chi connectivity index (χ1v) is 7.20. The Kier molecular flexibility index (Phi) is 3.39. The topological polar surface area (TPSA) is 80.1 Å². The van der Waals surface area contributed by atoms with Gasteiger partial charge in [0.15, 0.2) is 5.82 Å². The maximum Gasteiger partial charge on any atom is 0.245 e. The molecule has 1 aliphatic heterocycles. The number of methoxy groups -OCH3 is 1. The number of nitrogens with zero attached hydrogens (tertiary/aromatic N) is 3. The normalized spacial score (nSPS) is 19.7. The predicted molar refractivity (Wildman–Crippen MR) is 75.7 cm³/mol. The van der Waals surface area contributed by atoms with Crippen LogP contribution in [0.2, 0.25) is 0 Å².